The Bertz CT molecular complexity index is 770. The SMILES string of the molecule is Cc1sc2[nH]c(=O)n(CC(C)C(N)=S)c(=O)c2c1C. The molecule has 0 spiro atoms. The van der Waals surface area contributed by atoms with Gasteiger partial charge in [0.15, 0.2) is 0 Å². The highest BCUT2D eigenvalue weighted by molar-refractivity contribution is 7.80. The molecule has 19 heavy (non-hydrogen) atoms. The van der Waals surface area contributed by atoms with Gasteiger partial charge in [-0.2, -0.15) is 0 Å². The number of nitrogens with two attached hydrogens (primary N) is 1. The van der Waals surface area contributed by atoms with Crippen molar-refractivity contribution in [2.24, 2.45) is 11.7 Å². The second kappa shape index (κ2) is 4.90. The molecular weight excluding hydrogens is 282 g/mol. The maximum absolute atomic E-state index is 12.4. The quantitative estimate of drug-likeness (QED) is 0.837. The van der Waals surface area contributed by atoms with Crippen LogP contribution in [-0.2, 0) is 6.54 Å². The lowest BCUT2D eigenvalue weighted by Gasteiger charge is -2.10. The number of fused-ring (bicyclic) bond motifs is 1. The molecular formula is C12H15N3O2S2. The number of rotatable bonds is 3. The zero-order valence-corrected chi connectivity index (χ0v) is 12.6. The van der Waals surface area contributed by atoms with E-state index in [4.69, 9.17) is 18.0 Å². The summed E-state index contributed by atoms with van der Waals surface area (Å²) < 4.78 is 1.17. The number of H-pyrrole nitrogens is 1. The number of nitrogens with zero attached hydrogens (tertiary/aromatic N) is 1. The van der Waals surface area contributed by atoms with E-state index in [0.29, 0.717) is 15.2 Å². The van der Waals surface area contributed by atoms with Crippen LogP contribution in [0.1, 0.15) is 17.4 Å². The van der Waals surface area contributed by atoms with Gasteiger partial charge >= 0.3 is 5.69 Å². The third-order valence-electron chi connectivity index (χ3n) is 3.25. The molecule has 2 aromatic heterocycles. The van der Waals surface area contributed by atoms with Crippen LogP contribution in [0, 0.1) is 19.8 Å². The Kier molecular flexibility index (Phi) is 3.60. The Morgan fingerprint density at radius 2 is 2.11 bits per heavy atom. The molecule has 0 aromatic carbocycles. The first-order valence-corrected chi connectivity index (χ1v) is 7.07. The molecule has 7 heteroatoms. The molecule has 0 saturated carbocycles. The van der Waals surface area contributed by atoms with Crippen molar-refractivity contribution in [3.05, 3.63) is 31.3 Å². The zero-order valence-electron chi connectivity index (χ0n) is 10.9. The Balaban J connectivity index is 2.69. The van der Waals surface area contributed by atoms with E-state index < -0.39 is 5.69 Å². The molecule has 0 aliphatic heterocycles. The van der Waals surface area contributed by atoms with Gasteiger partial charge < -0.3 is 5.73 Å². The van der Waals surface area contributed by atoms with E-state index in [-0.39, 0.29) is 18.0 Å². The first-order valence-electron chi connectivity index (χ1n) is 5.85. The van der Waals surface area contributed by atoms with Crippen molar-refractivity contribution in [2.75, 3.05) is 0 Å². The second-order valence-electron chi connectivity index (χ2n) is 4.64. The van der Waals surface area contributed by atoms with Crippen LogP contribution in [0.15, 0.2) is 9.59 Å². The first-order chi connectivity index (χ1) is 8.82. The third-order valence-corrected chi connectivity index (χ3v) is 4.78. The van der Waals surface area contributed by atoms with Crippen molar-refractivity contribution >= 4 is 38.8 Å². The lowest BCUT2D eigenvalue weighted by atomic mass is 10.2. The van der Waals surface area contributed by atoms with E-state index in [1.54, 1.807) is 6.92 Å². The number of nitrogens with one attached hydrogen (secondary N) is 1. The van der Waals surface area contributed by atoms with Crippen molar-refractivity contribution < 1.29 is 0 Å². The molecule has 0 bridgehead atoms. The van der Waals surface area contributed by atoms with Crippen LogP contribution < -0.4 is 17.0 Å². The average Bonchev–Trinajstić information content (AvgIpc) is 2.59. The maximum atomic E-state index is 12.4. The first kappa shape index (κ1) is 14.0. The van der Waals surface area contributed by atoms with Crippen LogP contribution in [0.2, 0.25) is 0 Å². The lowest BCUT2D eigenvalue weighted by Crippen LogP contribution is -2.38. The highest BCUT2D eigenvalue weighted by Crippen LogP contribution is 2.24. The lowest BCUT2D eigenvalue weighted by molar-refractivity contribution is 0.560. The largest absolute Gasteiger partial charge is 0.393 e. The molecule has 1 atom stereocenters. The molecule has 3 N–H and O–H groups in total. The van der Waals surface area contributed by atoms with Crippen molar-refractivity contribution in [1.82, 2.24) is 9.55 Å². The fraction of sp³-hybridized carbons (Fsp3) is 0.417. The summed E-state index contributed by atoms with van der Waals surface area (Å²) in [6.07, 6.45) is 0. The highest BCUT2D eigenvalue weighted by Gasteiger charge is 2.16. The predicted octanol–water partition coefficient (Wildman–Crippen LogP) is 1.29. The van der Waals surface area contributed by atoms with Crippen molar-refractivity contribution in [1.29, 1.82) is 0 Å². The summed E-state index contributed by atoms with van der Waals surface area (Å²) in [4.78, 5) is 29.1. The van der Waals surface area contributed by atoms with Crippen molar-refractivity contribution in [3.63, 3.8) is 0 Å². The fourth-order valence-corrected chi connectivity index (χ4v) is 3.01. The van der Waals surface area contributed by atoms with E-state index >= 15 is 0 Å². The summed E-state index contributed by atoms with van der Waals surface area (Å²) in [7, 11) is 0. The standard InChI is InChI=1S/C12H15N3O2S2/c1-5(9(13)18)4-15-11(16)8-6(2)7(3)19-10(8)14-12(15)17/h5H,4H2,1-3H3,(H2,13,18)(H,14,17). The number of hydrogen-bond donors (Lipinski definition) is 2. The van der Waals surface area contributed by atoms with E-state index in [1.165, 1.54) is 15.9 Å². The average molecular weight is 297 g/mol. The number of thiocarbonyl (C=S) groups is 1. The summed E-state index contributed by atoms with van der Waals surface area (Å²) in [5.41, 5.74) is 5.76. The monoisotopic (exact) mass is 297 g/mol. The van der Waals surface area contributed by atoms with Crippen LogP contribution in [0.25, 0.3) is 10.2 Å². The van der Waals surface area contributed by atoms with Crippen LogP contribution in [0.3, 0.4) is 0 Å². The normalized spacial score (nSPS) is 12.8. The minimum Gasteiger partial charge on any atom is -0.393 e. The topological polar surface area (TPSA) is 80.9 Å². The van der Waals surface area contributed by atoms with Crippen LogP contribution in [-0.4, -0.2) is 14.5 Å². The summed E-state index contributed by atoms with van der Waals surface area (Å²) in [5.74, 6) is -0.203. The number of thiophene rings is 1. The molecule has 5 nitrogen and oxygen atoms in total. The van der Waals surface area contributed by atoms with Gasteiger partial charge in [0.2, 0.25) is 0 Å². The Labute approximate surface area is 119 Å². The maximum Gasteiger partial charge on any atom is 0.329 e. The van der Waals surface area contributed by atoms with Crippen LogP contribution in [0.5, 0.6) is 0 Å². The van der Waals surface area contributed by atoms with Crippen LogP contribution >= 0.6 is 23.6 Å². The van der Waals surface area contributed by atoms with Gasteiger partial charge in [-0.25, -0.2) is 4.79 Å². The van der Waals surface area contributed by atoms with Gasteiger partial charge in [-0.3, -0.25) is 14.3 Å². The van der Waals surface area contributed by atoms with E-state index in [9.17, 15) is 9.59 Å². The molecule has 2 rings (SSSR count). The number of hydrogen-bond acceptors (Lipinski definition) is 4. The van der Waals surface area contributed by atoms with Crippen molar-refractivity contribution in [2.45, 2.75) is 27.3 Å². The molecule has 0 radical (unpaired) electrons. The summed E-state index contributed by atoms with van der Waals surface area (Å²) >= 11 is 6.30. The van der Waals surface area contributed by atoms with E-state index in [1.807, 2.05) is 13.8 Å². The van der Waals surface area contributed by atoms with Gasteiger partial charge in [-0.05, 0) is 19.4 Å². The minimum absolute atomic E-state index is 0.202. The van der Waals surface area contributed by atoms with E-state index in [0.717, 1.165) is 10.4 Å². The molecule has 0 amide bonds. The molecule has 102 valence electrons. The van der Waals surface area contributed by atoms with Gasteiger partial charge in [0.25, 0.3) is 5.56 Å². The van der Waals surface area contributed by atoms with Gasteiger partial charge in [-0.15, -0.1) is 11.3 Å². The van der Waals surface area contributed by atoms with Gasteiger partial charge in [0, 0.05) is 17.3 Å². The summed E-state index contributed by atoms with van der Waals surface area (Å²) in [6.45, 7) is 5.81. The molecule has 0 fully saturated rings. The number of aryl methyl sites for hydroxylation is 2. The Morgan fingerprint density at radius 3 is 2.68 bits per heavy atom. The predicted molar refractivity (Wildman–Crippen MR) is 82.1 cm³/mol. The molecule has 0 saturated heterocycles. The third kappa shape index (κ3) is 2.35. The van der Waals surface area contributed by atoms with Crippen LogP contribution in [0.4, 0.5) is 0 Å². The molecule has 0 aliphatic carbocycles. The van der Waals surface area contributed by atoms with Gasteiger partial charge in [0.1, 0.15) is 4.83 Å². The molecule has 1 unspecified atom stereocenters. The molecule has 0 aliphatic rings. The summed E-state index contributed by atoms with van der Waals surface area (Å²) in [6, 6.07) is 0. The minimum atomic E-state index is -0.415. The summed E-state index contributed by atoms with van der Waals surface area (Å²) in [5, 5.41) is 0.581. The van der Waals surface area contributed by atoms with Crippen molar-refractivity contribution in [3.8, 4) is 0 Å². The zero-order chi connectivity index (χ0) is 14.3. The molecule has 2 aromatic rings. The van der Waals surface area contributed by atoms with Gasteiger partial charge in [0.05, 0.1) is 10.4 Å². The Hall–Kier alpha value is -1.47. The highest BCUT2D eigenvalue weighted by atomic mass is 32.1. The van der Waals surface area contributed by atoms with E-state index in [2.05, 4.69) is 4.98 Å². The fourth-order valence-electron chi connectivity index (χ4n) is 1.89. The number of aromatic amines is 1. The smallest absolute Gasteiger partial charge is 0.329 e. The second-order valence-corrected chi connectivity index (χ2v) is 6.33. The van der Waals surface area contributed by atoms with Gasteiger partial charge in [-0.1, -0.05) is 19.1 Å². The Morgan fingerprint density at radius 1 is 1.47 bits per heavy atom. The number of aromatic nitrogens is 2. The molecule has 2 heterocycles.